The van der Waals surface area contributed by atoms with Crippen LogP contribution in [0.4, 0.5) is 0 Å². The third-order valence-corrected chi connectivity index (χ3v) is 4.69. The Morgan fingerprint density at radius 3 is 2.68 bits per heavy atom. The molecule has 108 valence electrons. The summed E-state index contributed by atoms with van der Waals surface area (Å²) in [6.07, 6.45) is 5.81. The molecule has 1 unspecified atom stereocenters. The zero-order valence-corrected chi connectivity index (χ0v) is 13.2. The van der Waals surface area contributed by atoms with E-state index >= 15 is 0 Å². The molecule has 0 aromatic carbocycles. The van der Waals surface area contributed by atoms with E-state index in [1.54, 1.807) is 11.3 Å². The molecule has 0 spiro atoms. The molecule has 0 N–H and O–H groups in total. The summed E-state index contributed by atoms with van der Waals surface area (Å²) in [5, 5.41) is 0. The highest BCUT2D eigenvalue weighted by Crippen LogP contribution is 2.18. The number of hydrogen-bond donors (Lipinski definition) is 0. The highest BCUT2D eigenvalue weighted by molar-refractivity contribution is 7.14. The van der Waals surface area contributed by atoms with Crippen LogP contribution in [0.25, 0.3) is 0 Å². The quantitative estimate of drug-likeness (QED) is 0.580. The lowest BCUT2D eigenvalue weighted by molar-refractivity contribution is 0.0662. The van der Waals surface area contributed by atoms with Crippen LogP contribution in [0.15, 0.2) is 12.1 Å². The van der Waals surface area contributed by atoms with Crippen LogP contribution in [0.2, 0.25) is 0 Å². The van der Waals surface area contributed by atoms with E-state index in [0.29, 0.717) is 12.5 Å². The van der Waals surface area contributed by atoms with E-state index in [4.69, 9.17) is 4.74 Å². The van der Waals surface area contributed by atoms with Gasteiger partial charge in [0.2, 0.25) is 0 Å². The summed E-state index contributed by atoms with van der Waals surface area (Å²) in [4.78, 5) is 14.0. The van der Waals surface area contributed by atoms with Crippen LogP contribution >= 0.6 is 11.3 Å². The van der Waals surface area contributed by atoms with Crippen molar-refractivity contribution in [2.75, 3.05) is 13.2 Å². The maximum Gasteiger partial charge on any atom is 0.198 e. The van der Waals surface area contributed by atoms with Gasteiger partial charge in [0, 0.05) is 11.5 Å². The summed E-state index contributed by atoms with van der Waals surface area (Å²) in [5.41, 5.74) is 0. The molecule has 0 radical (unpaired) electrons. The van der Waals surface area contributed by atoms with Gasteiger partial charge in [0.05, 0.1) is 4.88 Å². The summed E-state index contributed by atoms with van der Waals surface area (Å²) in [6, 6.07) is 3.96. The first kappa shape index (κ1) is 16.4. The van der Waals surface area contributed by atoms with Gasteiger partial charge in [0.1, 0.15) is 6.61 Å². The zero-order chi connectivity index (χ0) is 14.1. The van der Waals surface area contributed by atoms with Crippen molar-refractivity contribution >= 4 is 17.1 Å². The maximum absolute atomic E-state index is 11.9. The van der Waals surface area contributed by atoms with Crippen molar-refractivity contribution in [1.82, 2.24) is 0 Å². The standard InChI is InChI=1S/C16H26O2S/c1-4-7-8-13(5-2)11-18-12-15(17)16-10-9-14(6-3)19-16/h9-10,13H,4-8,11-12H2,1-3H3. The van der Waals surface area contributed by atoms with Crippen LogP contribution in [0, 0.1) is 5.92 Å². The van der Waals surface area contributed by atoms with Crippen molar-refractivity contribution in [3.8, 4) is 0 Å². The van der Waals surface area contributed by atoms with Gasteiger partial charge in [-0.05, 0) is 30.9 Å². The largest absolute Gasteiger partial charge is 0.373 e. The SMILES string of the molecule is CCCCC(CC)COCC(=O)c1ccc(CC)s1. The van der Waals surface area contributed by atoms with Crippen molar-refractivity contribution in [1.29, 1.82) is 0 Å². The lowest BCUT2D eigenvalue weighted by Crippen LogP contribution is -2.14. The van der Waals surface area contributed by atoms with Gasteiger partial charge in [-0.1, -0.05) is 40.0 Å². The fraction of sp³-hybridized carbons (Fsp3) is 0.688. The fourth-order valence-electron chi connectivity index (χ4n) is 2.01. The number of carbonyl (C=O) groups is 1. The van der Waals surface area contributed by atoms with Crippen molar-refractivity contribution in [3.63, 3.8) is 0 Å². The summed E-state index contributed by atoms with van der Waals surface area (Å²) in [7, 11) is 0. The molecule has 0 amide bonds. The van der Waals surface area contributed by atoms with E-state index in [9.17, 15) is 4.79 Å². The van der Waals surface area contributed by atoms with Crippen LogP contribution in [-0.2, 0) is 11.2 Å². The molecule has 1 aromatic heterocycles. The molecule has 0 fully saturated rings. The summed E-state index contributed by atoms with van der Waals surface area (Å²) >= 11 is 1.59. The van der Waals surface area contributed by atoms with E-state index in [-0.39, 0.29) is 12.4 Å². The molecule has 0 saturated carbocycles. The number of Topliss-reactive ketones (excluding diaryl/α,β-unsaturated/α-hetero) is 1. The molecule has 1 rings (SSSR count). The molecular formula is C16H26O2S. The Kier molecular flexibility index (Phi) is 7.99. The topological polar surface area (TPSA) is 26.3 Å². The Hall–Kier alpha value is -0.670. The number of thiophene rings is 1. The van der Waals surface area contributed by atoms with Crippen LogP contribution in [0.1, 0.15) is 61.0 Å². The molecular weight excluding hydrogens is 256 g/mol. The van der Waals surface area contributed by atoms with Crippen LogP contribution in [0.5, 0.6) is 0 Å². The Morgan fingerprint density at radius 2 is 2.11 bits per heavy atom. The minimum Gasteiger partial charge on any atom is -0.373 e. The number of ketones is 1. The Morgan fingerprint density at radius 1 is 1.32 bits per heavy atom. The Labute approximate surface area is 121 Å². The number of aryl methyl sites for hydroxylation is 1. The molecule has 0 saturated heterocycles. The monoisotopic (exact) mass is 282 g/mol. The molecule has 0 aliphatic heterocycles. The van der Waals surface area contributed by atoms with E-state index in [1.807, 2.05) is 12.1 Å². The molecule has 1 heterocycles. The van der Waals surface area contributed by atoms with Crippen molar-refractivity contribution in [2.45, 2.75) is 52.9 Å². The van der Waals surface area contributed by atoms with Gasteiger partial charge in [0.15, 0.2) is 5.78 Å². The molecule has 0 aliphatic carbocycles. The molecule has 1 aromatic rings. The fourth-order valence-corrected chi connectivity index (χ4v) is 2.88. The molecule has 2 nitrogen and oxygen atoms in total. The maximum atomic E-state index is 11.9. The average Bonchev–Trinajstić information content (AvgIpc) is 2.91. The first-order chi connectivity index (χ1) is 9.21. The number of hydrogen-bond acceptors (Lipinski definition) is 3. The number of carbonyl (C=O) groups excluding carboxylic acids is 1. The molecule has 19 heavy (non-hydrogen) atoms. The van der Waals surface area contributed by atoms with Gasteiger partial charge < -0.3 is 4.74 Å². The van der Waals surface area contributed by atoms with E-state index in [1.165, 1.54) is 24.1 Å². The smallest absolute Gasteiger partial charge is 0.198 e. The third-order valence-electron chi connectivity index (χ3n) is 3.41. The minimum absolute atomic E-state index is 0.120. The van der Waals surface area contributed by atoms with Crippen LogP contribution < -0.4 is 0 Å². The lowest BCUT2D eigenvalue weighted by Gasteiger charge is -2.14. The zero-order valence-electron chi connectivity index (χ0n) is 12.4. The Balaban J connectivity index is 2.29. The molecule has 0 aliphatic rings. The Bertz CT molecular complexity index is 371. The van der Waals surface area contributed by atoms with Crippen molar-refractivity contribution in [2.24, 2.45) is 5.92 Å². The highest BCUT2D eigenvalue weighted by Gasteiger charge is 2.11. The van der Waals surface area contributed by atoms with E-state index in [2.05, 4.69) is 20.8 Å². The van der Waals surface area contributed by atoms with E-state index in [0.717, 1.165) is 17.7 Å². The summed E-state index contributed by atoms with van der Waals surface area (Å²) in [5.74, 6) is 0.720. The average molecular weight is 282 g/mol. The summed E-state index contributed by atoms with van der Waals surface area (Å²) in [6.45, 7) is 7.45. The van der Waals surface area contributed by atoms with Crippen molar-refractivity contribution in [3.05, 3.63) is 21.9 Å². The first-order valence-corrected chi connectivity index (χ1v) is 8.22. The van der Waals surface area contributed by atoms with Gasteiger partial charge in [-0.15, -0.1) is 11.3 Å². The predicted octanol–water partition coefficient (Wildman–Crippen LogP) is 4.73. The second-order valence-electron chi connectivity index (χ2n) is 4.97. The predicted molar refractivity (Wildman–Crippen MR) is 82.2 cm³/mol. The molecule has 0 bridgehead atoms. The second kappa shape index (κ2) is 9.27. The van der Waals surface area contributed by atoms with Gasteiger partial charge in [-0.25, -0.2) is 0 Å². The normalized spacial score (nSPS) is 12.6. The number of unbranched alkanes of at least 4 members (excludes halogenated alkanes) is 1. The lowest BCUT2D eigenvalue weighted by atomic mass is 10.0. The minimum atomic E-state index is 0.120. The second-order valence-corrected chi connectivity index (χ2v) is 6.14. The summed E-state index contributed by atoms with van der Waals surface area (Å²) < 4.78 is 5.60. The number of rotatable bonds is 10. The van der Waals surface area contributed by atoms with Crippen LogP contribution in [-0.4, -0.2) is 19.0 Å². The molecule has 3 heteroatoms. The van der Waals surface area contributed by atoms with Gasteiger partial charge in [0.25, 0.3) is 0 Å². The van der Waals surface area contributed by atoms with Crippen molar-refractivity contribution < 1.29 is 9.53 Å². The van der Waals surface area contributed by atoms with E-state index < -0.39 is 0 Å². The van der Waals surface area contributed by atoms with Gasteiger partial charge in [-0.2, -0.15) is 0 Å². The van der Waals surface area contributed by atoms with Crippen LogP contribution in [0.3, 0.4) is 0 Å². The third kappa shape index (κ3) is 5.87. The first-order valence-electron chi connectivity index (χ1n) is 7.40. The highest BCUT2D eigenvalue weighted by atomic mass is 32.1. The van der Waals surface area contributed by atoms with Gasteiger partial charge >= 0.3 is 0 Å². The number of ether oxygens (including phenoxy) is 1. The van der Waals surface area contributed by atoms with Gasteiger partial charge in [-0.3, -0.25) is 4.79 Å². The molecule has 1 atom stereocenters.